The summed E-state index contributed by atoms with van der Waals surface area (Å²) in [6, 6.07) is 5.73. The first kappa shape index (κ1) is 13.3. The third kappa shape index (κ3) is 3.20. The molecule has 0 aliphatic carbocycles. The zero-order chi connectivity index (χ0) is 12.3. The predicted octanol–water partition coefficient (Wildman–Crippen LogP) is 2.04. The van der Waals surface area contributed by atoms with Crippen LogP contribution in [0.25, 0.3) is 0 Å². The van der Waals surface area contributed by atoms with Gasteiger partial charge in [0.25, 0.3) is 0 Å². The lowest BCUT2D eigenvalue weighted by Gasteiger charge is -2.34. The summed E-state index contributed by atoms with van der Waals surface area (Å²) in [5.41, 5.74) is 1.06. The van der Waals surface area contributed by atoms with Crippen LogP contribution in [-0.4, -0.2) is 42.8 Å². The number of rotatable bonds is 3. The fraction of sp³-hybridized carbons (Fsp3) is 0.500. The van der Waals surface area contributed by atoms with Crippen molar-refractivity contribution in [3.05, 3.63) is 33.3 Å². The molecule has 1 saturated heterocycles. The molecular formula is C12H16BrClN2O. The molecule has 1 aliphatic heterocycles. The lowest BCUT2D eigenvalue weighted by atomic mass is 10.1. The van der Waals surface area contributed by atoms with Crippen LogP contribution in [0.4, 0.5) is 0 Å². The van der Waals surface area contributed by atoms with E-state index < -0.39 is 0 Å². The molecular weight excluding hydrogens is 304 g/mol. The topological polar surface area (TPSA) is 35.5 Å². The molecule has 17 heavy (non-hydrogen) atoms. The van der Waals surface area contributed by atoms with Crippen LogP contribution in [-0.2, 0) is 0 Å². The molecule has 1 atom stereocenters. The normalized spacial score (nSPS) is 19.2. The van der Waals surface area contributed by atoms with Crippen molar-refractivity contribution in [1.82, 2.24) is 10.2 Å². The van der Waals surface area contributed by atoms with Gasteiger partial charge in [-0.3, -0.25) is 4.90 Å². The summed E-state index contributed by atoms with van der Waals surface area (Å²) in [6.45, 7) is 3.94. The number of hydrogen-bond donors (Lipinski definition) is 2. The van der Waals surface area contributed by atoms with Gasteiger partial charge in [0.1, 0.15) is 0 Å². The molecule has 1 aromatic carbocycles. The number of halogens is 2. The van der Waals surface area contributed by atoms with Crippen LogP contribution in [0.1, 0.15) is 11.6 Å². The molecule has 0 spiro atoms. The number of nitrogens with zero attached hydrogens (tertiary/aromatic N) is 1. The average molecular weight is 320 g/mol. The number of aliphatic hydroxyl groups is 1. The monoisotopic (exact) mass is 318 g/mol. The number of benzene rings is 1. The van der Waals surface area contributed by atoms with Crippen molar-refractivity contribution in [3.63, 3.8) is 0 Å². The molecule has 2 rings (SSSR count). The van der Waals surface area contributed by atoms with E-state index in [4.69, 9.17) is 11.6 Å². The van der Waals surface area contributed by atoms with Crippen molar-refractivity contribution in [1.29, 1.82) is 0 Å². The van der Waals surface area contributed by atoms with Crippen molar-refractivity contribution in [2.45, 2.75) is 6.04 Å². The Balaban J connectivity index is 2.24. The molecule has 1 aliphatic rings. The molecule has 5 heteroatoms. The highest BCUT2D eigenvalue weighted by Crippen LogP contribution is 2.30. The average Bonchev–Trinajstić information content (AvgIpc) is 2.36. The van der Waals surface area contributed by atoms with Crippen LogP contribution in [0.15, 0.2) is 22.7 Å². The molecule has 0 saturated carbocycles. The van der Waals surface area contributed by atoms with Gasteiger partial charge in [-0.1, -0.05) is 27.5 Å². The quantitative estimate of drug-likeness (QED) is 0.895. The summed E-state index contributed by atoms with van der Waals surface area (Å²) in [4.78, 5) is 2.28. The minimum Gasteiger partial charge on any atom is -0.394 e. The van der Waals surface area contributed by atoms with Crippen LogP contribution in [0.5, 0.6) is 0 Å². The van der Waals surface area contributed by atoms with E-state index in [2.05, 4.69) is 26.1 Å². The highest BCUT2D eigenvalue weighted by molar-refractivity contribution is 9.10. The molecule has 0 bridgehead atoms. The zero-order valence-corrected chi connectivity index (χ0v) is 11.8. The van der Waals surface area contributed by atoms with Gasteiger partial charge in [-0.15, -0.1) is 0 Å². The number of piperazine rings is 1. The fourth-order valence-electron chi connectivity index (χ4n) is 2.17. The summed E-state index contributed by atoms with van der Waals surface area (Å²) in [6.07, 6.45) is 0. The maximum Gasteiger partial charge on any atom is 0.0629 e. The van der Waals surface area contributed by atoms with Gasteiger partial charge in [-0.2, -0.15) is 0 Å². The minimum absolute atomic E-state index is 0.0187. The Hall–Kier alpha value is -0.130. The Labute approximate surface area is 115 Å². The standard InChI is InChI=1S/C12H16BrClN2O/c13-11-2-1-9(14)7-10(11)12(8-17)16-5-3-15-4-6-16/h1-2,7,12,15,17H,3-6,8H2/t12-/m1/s1. The van der Waals surface area contributed by atoms with Gasteiger partial charge >= 0.3 is 0 Å². The summed E-state index contributed by atoms with van der Waals surface area (Å²) < 4.78 is 1.000. The minimum atomic E-state index is 0.0187. The first-order valence-electron chi connectivity index (χ1n) is 5.73. The number of hydrogen-bond acceptors (Lipinski definition) is 3. The number of aliphatic hydroxyl groups excluding tert-OH is 1. The highest BCUT2D eigenvalue weighted by atomic mass is 79.9. The van der Waals surface area contributed by atoms with E-state index in [0.717, 1.165) is 36.2 Å². The van der Waals surface area contributed by atoms with Crippen LogP contribution in [0, 0.1) is 0 Å². The van der Waals surface area contributed by atoms with Gasteiger partial charge in [0.15, 0.2) is 0 Å². The molecule has 1 aromatic rings. The maximum atomic E-state index is 9.62. The second-order valence-electron chi connectivity index (χ2n) is 4.15. The van der Waals surface area contributed by atoms with E-state index in [1.165, 1.54) is 0 Å². The molecule has 3 nitrogen and oxygen atoms in total. The summed E-state index contributed by atoms with van der Waals surface area (Å²) in [5.74, 6) is 0. The fourth-order valence-corrected chi connectivity index (χ4v) is 2.87. The Bertz CT molecular complexity index is 383. The van der Waals surface area contributed by atoms with Crippen molar-refractivity contribution >= 4 is 27.5 Å². The third-order valence-electron chi connectivity index (χ3n) is 3.08. The van der Waals surface area contributed by atoms with Gasteiger partial charge < -0.3 is 10.4 Å². The van der Waals surface area contributed by atoms with E-state index in [1.54, 1.807) is 0 Å². The van der Waals surface area contributed by atoms with Crippen LogP contribution < -0.4 is 5.32 Å². The molecule has 2 N–H and O–H groups in total. The van der Waals surface area contributed by atoms with E-state index >= 15 is 0 Å². The van der Waals surface area contributed by atoms with Crippen LogP contribution >= 0.6 is 27.5 Å². The van der Waals surface area contributed by atoms with Crippen molar-refractivity contribution in [2.75, 3.05) is 32.8 Å². The molecule has 0 aromatic heterocycles. The van der Waals surface area contributed by atoms with E-state index in [1.807, 2.05) is 18.2 Å². The SMILES string of the molecule is OC[C@H](c1cc(Cl)ccc1Br)N1CCNCC1. The van der Waals surface area contributed by atoms with Gasteiger partial charge in [0.05, 0.1) is 12.6 Å². The van der Waals surface area contributed by atoms with Crippen molar-refractivity contribution < 1.29 is 5.11 Å². The molecule has 1 fully saturated rings. The lowest BCUT2D eigenvalue weighted by molar-refractivity contribution is 0.110. The second-order valence-corrected chi connectivity index (χ2v) is 5.44. The highest BCUT2D eigenvalue weighted by Gasteiger charge is 2.23. The van der Waals surface area contributed by atoms with Crippen molar-refractivity contribution in [2.24, 2.45) is 0 Å². The van der Waals surface area contributed by atoms with Gasteiger partial charge in [0.2, 0.25) is 0 Å². The number of nitrogens with one attached hydrogen (secondary N) is 1. The second kappa shape index (κ2) is 6.16. The molecule has 94 valence electrons. The Morgan fingerprint density at radius 1 is 1.41 bits per heavy atom. The maximum absolute atomic E-state index is 9.62. The smallest absolute Gasteiger partial charge is 0.0629 e. The summed E-state index contributed by atoms with van der Waals surface area (Å²) in [5, 5.41) is 13.6. The van der Waals surface area contributed by atoms with Gasteiger partial charge in [-0.05, 0) is 23.8 Å². The summed E-state index contributed by atoms with van der Waals surface area (Å²) >= 11 is 9.55. The molecule has 0 amide bonds. The predicted molar refractivity (Wildman–Crippen MR) is 73.4 cm³/mol. The van der Waals surface area contributed by atoms with Gasteiger partial charge in [0, 0.05) is 35.7 Å². The Morgan fingerprint density at radius 2 is 2.12 bits per heavy atom. The molecule has 1 heterocycles. The Kier molecular flexibility index (Phi) is 4.82. The third-order valence-corrected chi connectivity index (χ3v) is 4.04. The first-order chi connectivity index (χ1) is 8.22. The molecule has 0 radical (unpaired) electrons. The van der Waals surface area contributed by atoms with Crippen LogP contribution in [0.3, 0.4) is 0 Å². The van der Waals surface area contributed by atoms with Crippen LogP contribution in [0.2, 0.25) is 5.02 Å². The lowest BCUT2D eigenvalue weighted by Crippen LogP contribution is -2.46. The van der Waals surface area contributed by atoms with E-state index in [0.29, 0.717) is 5.02 Å². The Morgan fingerprint density at radius 3 is 2.76 bits per heavy atom. The van der Waals surface area contributed by atoms with E-state index in [9.17, 15) is 5.11 Å². The largest absolute Gasteiger partial charge is 0.394 e. The van der Waals surface area contributed by atoms with Crippen molar-refractivity contribution in [3.8, 4) is 0 Å². The first-order valence-corrected chi connectivity index (χ1v) is 6.90. The van der Waals surface area contributed by atoms with E-state index in [-0.39, 0.29) is 12.6 Å². The summed E-state index contributed by atoms with van der Waals surface area (Å²) in [7, 11) is 0. The van der Waals surface area contributed by atoms with Gasteiger partial charge in [-0.25, -0.2) is 0 Å². The molecule has 0 unspecified atom stereocenters. The zero-order valence-electron chi connectivity index (χ0n) is 9.50.